The van der Waals surface area contributed by atoms with Gasteiger partial charge in [-0.15, -0.1) is 11.3 Å². The van der Waals surface area contributed by atoms with Crippen LogP contribution in [0.25, 0.3) is 0 Å². The lowest BCUT2D eigenvalue weighted by atomic mass is 10.1. The first kappa shape index (κ1) is 13.3. The zero-order chi connectivity index (χ0) is 14.0. The highest BCUT2D eigenvalue weighted by Crippen LogP contribution is 2.22. The Balaban J connectivity index is 2.34. The van der Waals surface area contributed by atoms with E-state index in [-0.39, 0.29) is 10.7 Å². The minimum atomic E-state index is -1.09. The van der Waals surface area contributed by atoms with Crippen LogP contribution in [0, 0.1) is 11.6 Å². The summed E-state index contributed by atoms with van der Waals surface area (Å²) in [5.74, 6) is -3.41. The fourth-order valence-electron chi connectivity index (χ4n) is 1.48. The first-order chi connectivity index (χ1) is 9.00. The zero-order valence-corrected chi connectivity index (χ0v) is 10.6. The van der Waals surface area contributed by atoms with E-state index >= 15 is 0 Å². The molecule has 0 saturated carbocycles. The van der Waals surface area contributed by atoms with Gasteiger partial charge in [-0.05, 0) is 19.1 Å². The maximum absolute atomic E-state index is 13.9. The molecule has 2 aromatic rings. The molecule has 98 valence electrons. The highest BCUT2D eigenvalue weighted by Gasteiger charge is 2.19. The summed E-state index contributed by atoms with van der Waals surface area (Å²) in [6, 6.07) is 1.99. The maximum Gasteiger partial charge on any atom is 0.284 e. The molecule has 4 nitrogen and oxygen atoms in total. The topological polar surface area (TPSA) is 59.1 Å². The van der Waals surface area contributed by atoms with Crippen LogP contribution in [0.3, 0.4) is 0 Å². The Hall–Kier alpha value is -2.15. The van der Waals surface area contributed by atoms with Crippen molar-refractivity contribution in [3.05, 3.63) is 45.9 Å². The maximum atomic E-state index is 13.9. The van der Waals surface area contributed by atoms with Crippen molar-refractivity contribution in [1.82, 2.24) is 4.98 Å². The Labute approximate surface area is 111 Å². The Kier molecular flexibility index (Phi) is 3.66. The van der Waals surface area contributed by atoms with E-state index in [1.807, 2.05) is 0 Å². The Bertz CT molecular complexity index is 641. The van der Waals surface area contributed by atoms with Gasteiger partial charge in [-0.1, -0.05) is 0 Å². The number of nitrogens with one attached hydrogen (secondary N) is 1. The second kappa shape index (κ2) is 5.23. The zero-order valence-electron chi connectivity index (χ0n) is 9.74. The summed E-state index contributed by atoms with van der Waals surface area (Å²) in [5.41, 5.74) is -0.927. The van der Waals surface area contributed by atoms with Crippen molar-refractivity contribution in [1.29, 1.82) is 0 Å². The fourth-order valence-corrected chi connectivity index (χ4v) is 2.01. The highest BCUT2D eigenvalue weighted by atomic mass is 32.1. The number of ketones is 1. The number of rotatable bonds is 3. The molecule has 0 atom stereocenters. The van der Waals surface area contributed by atoms with Crippen molar-refractivity contribution < 1.29 is 18.4 Å². The predicted octanol–water partition coefficient (Wildman–Crippen LogP) is 2.88. The molecule has 2 rings (SSSR count). The van der Waals surface area contributed by atoms with E-state index in [1.165, 1.54) is 6.20 Å². The Morgan fingerprint density at radius 3 is 2.63 bits per heavy atom. The van der Waals surface area contributed by atoms with Crippen molar-refractivity contribution in [2.24, 2.45) is 0 Å². The third kappa shape index (κ3) is 2.65. The van der Waals surface area contributed by atoms with Crippen molar-refractivity contribution in [2.45, 2.75) is 6.92 Å². The van der Waals surface area contributed by atoms with Gasteiger partial charge in [0.25, 0.3) is 5.91 Å². The summed E-state index contributed by atoms with van der Waals surface area (Å²) in [4.78, 5) is 26.6. The number of amides is 1. The number of carbonyl (C=O) groups excluding carboxylic acids is 2. The Morgan fingerprint density at radius 1 is 1.32 bits per heavy atom. The lowest BCUT2D eigenvalue weighted by molar-refractivity contribution is 0.0999. The second-order valence-electron chi connectivity index (χ2n) is 3.63. The van der Waals surface area contributed by atoms with Crippen LogP contribution in [-0.2, 0) is 0 Å². The van der Waals surface area contributed by atoms with Crippen molar-refractivity contribution in [3.8, 4) is 0 Å². The van der Waals surface area contributed by atoms with Crippen LogP contribution < -0.4 is 5.32 Å². The average molecular weight is 282 g/mol. The van der Waals surface area contributed by atoms with Gasteiger partial charge in [0.2, 0.25) is 0 Å². The summed E-state index contributed by atoms with van der Waals surface area (Å²) >= 11 is 1.08. The van der Waals surface area contributed by atoms with E-state index in [9.17, 15) is 18.4 Å². The minimum Gasteiger partial charge on any atom is -0.317 e. The first-order valence-corrected chi connectivity index (χ1v) is 6.08. The summed E-state index contributed by atoms with van der Waals surface area (Å²) in [6.45, 7) is 1.05. The number of Topliss-reactive ketones (excluding diaryl/α,β-unsaturated/α-hetero) is 1. The molecule has 1 heterocycles. The summed E-state index contributed by atoms with van der Waals surface area (Å²) < 4.78 is 27.2. The van der Waals surface area contributed by atoms with Gasteiger partial charge in [-0.25, -0.2) is 13.8 Å². The van der Waals surface area contributed by atoms with Crippen LogP contribution in [-0.4, -0.2) is 16.7 Å². The number of halogens is 2. The summed E-state index contributed by atoms with van der Waals surface area (Å²) in [5, 5.41) is 3.99. The van der Waals surface area contributed by atoms with Gasteiger partial charge in [0, 0.05) is 11.6 Å². The molecule has 0 radical (unpaired) electrons. The molecule has 0 aliphatic carbocycles. The van der Waals surface area contributed by atoms with Crippen LogP contribution in [0.4, 0.5) is 14.5 Å². The van der Waals surface area contributed by atoms with E-state index in [0.717, 1.165) is 30.4 Å². The molecular formula is C12H8F2N2O2S. The van der Waals surface area contributed by atoms with E-state index < -0.39 is 28.9 Å². The number of nitrogens with zero attached hydrogens (tertiary/aromatic N) is 1. The molecule has 1 aromatic heterocycles. The molecule has 1 aromatic carbocycles. The van der Waals surface area contributed by atoms with E-state index in [0.29, 0.717) is 0 Å². The van der Waals surface area contributed by atoms with Crippen LogP contribution in [0.2, 0.25) is 0 Å². The lowest BCUT2D eigenvalue weighted by Crippen LogP contribution is -2.14. The molecule has 0 fully saturated rings. The molecule has 0 saturated heterocycles. The lowest BCUT2D eigenvalue weighted by Gasteiger charge is -2.08. The number of hydrogen-bond acceptors (Lipinski definition) is 4. The standard InChI is InChI=1S/C12H8F2N2O2S/c1-6(17)9-7(13)2-3-8(10(9)14)16-11(18)12-15-4-5-19-12/h2-5H,1H3,(H,16,18). The van der Waals surface area contributed by atoms with Gasteiger partial charge < -0.3 is 5.32 Å². The van der Waals surface area contributed by atoms with Gasteiger partial charge >= 0.3 is 0 Å². The quantitative estimate of drug-likeness (QED) is 0.881. The van der Waals surface area contributed by atoms with Gasteiger partial charge in [0.1, 0.15) is 5.82 Å². The molecular weight excluding hydrogens is 274 g/mol. The van der Waals surface area contributed by atoms with E-state index in [1.54, 1.807) is 5.38 Å². The molecule has 7 heteroatoms. The summed E-state index contributed by atoms with van der Waals surface area (Å²) in [6.07, 6.45) is 1.43. The number of benzene rings is 1. The van der Waals surface area contributed by atoms with Crippen LogP contribution in [0.1, 0.15) is 27.1 Å². The van der Waals surface area contributed by atoms with Crippen molar-refractivity contribution in [2.75, 3.05) is 5.32 Å². The molecule has 0 aliphatic rings. The van der Waals surface area contributed by atoms with Gasteiger partial charge in [-0.3, -0.25) is 9.59 Å². The first-order valence-electron chi connectivity index (χ1n) is 5.20. The number of hydrogen-bond donors (Lipinski definition) is 1. The third-order valence-electron chi connectivity index (χ3n) is 2.32. The van der Waals surface area contributed by atoms with Crippen LogP contribution in [0.5, 0.6) is 0 Å². The average Bonchev–Trinajstić information content (AvgIpc) is 2.86. The van der Waals surface area contributed by atoms with Crippen molar-refractivity contribution >= 4 is 28.7 Å². The van der Waals surface area contributed by atoms with Gasteiger partial charge in [0.15, 0.2) is 16.6 Å². The second-order valence-corrected chi connectivity index (χ2v) is 4.53. The predicted molar refractivity (Wildman–Crippen MR) is 66.4 cm³/mol. The third-order valence-corrected chi connectivity index (χ3v) is 3.09. The highest BCUT2D eigenvalue weighted by molar-refractivity contribution is 7.11. The van der Waals surface area contributed by atoms with Gasteiger partial charge in [-0.2, -0.15) is 0 Å². The fraction of sp³-hybridized carbons (Fsp3) is 0.0833. The smallest absolute Gasteiger partial charge is 0.284 e. The van der Waals surface area contributed by atoms with E-state index in [2.05, 4.69) is 10.3 Å². The molecule has 0 spiro atoms. The monoisotopic (exact) mass is 282 g/mol. The van der Waals surface area contributed by atoms with Crippen molar-refractivity contribution in [3.63, 3.8) is 0 Å². The van der Waals surface area contributed by atoms with Crippen LogP contribution >= 0.6 is 11.3 Å². The van der Waals surface area contributed by atoms with E-state index in [4.69, 9.17) is 0 Å². The van der Waals surface area contributed by atoms with Gasteiger partial charge in [0.05, 0.1) is 11.3 Å². The number of carbonyl (C=O) groups is 2. The molecule has 0 unspecified atom stereocenters. The molecule has 1 N–H and O–H groups in total. The molecule has 0 aliphatic heterocycles. The molecule has 19 heavy (non-hydrogen) atoms. The number of aromatic nitrogens is 1. The number of thiazole rings is 1. The molecule has 1 amide bonds. The van der Waals surface area contributed by atoms with Crippen LogP contribution in [0.15, 0.2) is 23.7 Å². The number of anilines is 1. The molecule has 0 bridgehead atoms. The summed E-state index contributed by atoms with van der Waals surface area (Å²) in [7, 11) is 0. The minimum absolute atomic E-state index is 0.146. The SMILES string of the molecule is CC(=O)c1c(F)ccc(NC(=O)c2nccs2)c1F. The largest absolute Gasteiger partial charge is 0.317 e. The Morgan fingerprint density at radius 2 is 2.05 bits per heavy atom. The normalized spacial score (nSPS) is 10.3.